The van der Waals surface area contributed by atoms with Gasteiger partial charge in [-0.05, 0) is 49.2 Å². The highest BCUT2D eigenvalue weighted by Crippen LogP contribution is 2.32. The zero-order chi connectivity index (χ0) is 21.6. The summed E-state index contributed by atoms with van der Waals surface area (Å²) < 4.78 is 44.0. The summed E-state index contributed by atoms with van der Waals surface area (Å²) in [6.07, 6.45) is -4.68. The summed E-state index contributed by atoms with van der Waals surface area (Å²) in [5.41, 5.74) is 0.516. The molecule has 0 heterocycles. The maximum atomic E-state index is 13.1. The average Bonchev–Trinajstić information content (AvgIpc) is 2.65. The van der Waals surface area contributed by atoms with E-state index < -0.39 is 35.8 Å². The molecule has 0 saturated carbocycles. The van der Waals surface area contributed by atoms with E-state index in [1.807, 2.05) is 26.0 Å². The molecule has 0 saturated heterocycles. The summed E-state index contributed by atoms with van der Waals surface area (Å²) in [7, 11) is 0. The number of aryl methyl sites for hydroxylation is 2. The first kappa shape index (κ1) is 22.0. The Balaban J connectivity index is 2.18. The molecule has 0 aliphatic rings. The third-order valence-electron chi connectivity index (χ3n) is 4.05. The van der Waals surface area contributed by atoms with Crippen molar-refractivity contribution in [2.75, 3.05) is 18.1 Å². The second-order valence-corrected chi connectivity index (χ2v) is 6.42. The average molecular weight is 404 g/mol. The quantitative estimate of drug-likeness (QED) is 0.668. The van der Waals surface area contributed by atoms with Crippen LogP contribution in [0.3, 0.4) is 0 Å². The molecule has 2 aromatic rings. The Morgan fingerprint density at radius 3 is 2.31 bits per heavy atom. The fourth-order valence-electron chi connectivity index (χ4n) is 2.86. The number of hydrogen-bond acceptors (Lipinski definition) is 4. The number of nitriles is 1. The van der Waals surface area contributed by atoms with Crippen molar-refractivity contribution < 1.29 is 27.5 Å². The van der Waals surface area contributed by atoms with Gasteiger partial charge in [-0.1, -0.05) is 18.2 Å². The molecule has 2 aromatic carbocycles. The van der Waals surface area contributed by atoms with E-state index in [0.717, 1.165) is 29.3 Å². The van der Waals surface area contributed by atoms with Gasteiger partial charge in [-0.3, -0.25) is 4.79 Å². The van der Waals surface area contributed by atoms with Crippen molar-refractivity contribution in [1.82, 2.24) is 0 Å². The number of rotatable bonds is 6. The third-order valence-corrected chi connectivity index (χ3v) is 4.05. The van der Waals surface area contributed by atoms with E-state index in [2.05, 4.69) is 0 Å². The van der Waals surface area contributed by atoms with Crippen LogP contribution in [0.4, 0.5) is 18.9 Å². The van der Waals surface area contributed by atoms with Gasteiger partial charge in [0.25, 0.3) is 5.91 Å². The second kappa shape index (κ2) is 9.24. The Kier molecular flexibility index (Phi) is 6.99. The van der Waals surface area contributed by atoms with Gasteiger partial charge in [0.05, 0.1) is 23.6 Å². The van der Waals surface area contributed by atoms with Gasteiger partial charge in [-0.25, -0.2) is 4.79 Å². The summed E-state index contributed by atoms with van der Waals surface area (Å²) in [6.45, 7) is 3.01. The van der Waals surface area contributed by atoms with Gasteiger partial charge in [0.1, 0.15) is 0 Å². The van der Waals surface area contributed by atoms with E-state index in [1.54, 1.807) is 12.1 Å². The number of carbonyl (C=O) groups is 2. The lowest BCUT2D eigenvalue weighted by atomic mass is 10.1. The second-order valence-electron chi connectivity index (χ2n) is 6.42. The minimum atomic E-state index is -4.72. The van der Waals surface area contributed by atoms with Gasteiger partial charge in [0.2, 0.25) is 0 Å². The minimum Gasteiger partial charge on any atom is -0.452 e. The van der Waals surface area contributed by atoms with Crippen LogP contribution in [-0.2, 0) is 15.7 Å². The van der Waals surface area contributed by atoms with E-state index in [0.29, 0.717) is 5.69 Å². The Hall–Kier alpha value is -3.34. The van der Waals surface area contributed by atoms with Crippen LogP contribution in [0.1, 0.15) is 33.5 Å². The number of alkyl halides is 3. The van der Waals surface area contributed by atoms with Crippen molar-refractivity contribution >= 4 is 17.6 Å². The number of benzene rings is 2. The van der Waals surface area contributed by atoms with Gasteiger partial charge in [-0.2, -0.15) is 18.4 Å². The van der Waals surface area contributed by atoms with Crippen molar-refractivity contribution in [3.63, 3.8) is 0 Å². The lowest BCUT2D eigenvalue weighted by Gasteiger charge is -2.23. The molecule has 0 bridgehead atoms. The molecule has 0 aromatic heterocycles. The number of nitrogens with zero attached hydrogens (tertiary/aromatic N) is 2. The van der Waals surface area contributed by atoms with E-state index in [1.165, 1.54) is 11.0 Å². The third kappa shape index (κ3) is 5.82. The number of ether oxygens (including phenoxy) is 1. The number of carbonyl (C=O) groups excluding carboxylic acids is 2. The standard InChI is InChI=1S/C21H19F3N2O3/c1-14-10-15(2)12-16(11-14)26(9-5-8-25)19(27)13-29-20(28)17-6-3-4-7-18(17)21(22,23)24/h3-4,6-7,10-12H,5,9,13H2,1-2H3. The van der Waals surface area contributed by atoms with Crippen LogP contribution < -0.4 is 4.90 Å². The van der Waals surface area contributed by atoms with Crippen LogP contribution >= 0.6 is 0 Å². The lowest BCUT2D eigenvalue weighted by Crippen LogP contribution is -2.35. The number of hydrogen-bond donors (Lipinski definition) is 0. The Morgan fingerprint density at radius 1 is 1.10 bits per heavy atom. The Bertz CT molecular complexity index is 929. The molecule has 0 fully saturated rings. The molecule has 0 spiro atoms. The van der Waals surface area contributed by atoms with Gasteiger partial charge >= 0.3 is 12.1 Å². The normalized spacial score (nSPS) is 10.9. The molecule has 8 heteroatoms. The summed E-state index contributed by atoms with van der Waals surface area (Å²) in [6, 6.07) is 11.5. The lowest BCUT2D eigenvalue weighted by molar-refractivity contribution is -0.138. The molecule has 1 amide bonds. The van der Waals surface area contributed by atoms with E-state index in [9.17, 15) is 22.8 Å². The van der Waals surface area contributed by atoms with Gasteiger partial charge in [0, 0.05) is 12.2 Å². The molecule has 152 valence electrons. The van der Waals surface area contributed by atoms with Crippen LogP contribution in [0.25, 0.3) is 0 Å². The molecule has 0 N–H and O–H groups in total. The van der Waals surface area contributed by atoms with Crippen LogP contribution in [0, 0.1) is 25.2 Å². The maximum absolute atomic E-state index is 13.1. The van der Waals surface area contributed by atoms with Crippen molar-refractivity contribution in [3.05, 3.63) is 64.7 Å². The number of anilines is 1. The molecule has 0 unspecified atom stereocenters. The summed E-state index contributed by atoms with van der Waals surface area (Å²) in [4.78, 5) is 26.0. The molecular weight excluding hydrogens is 385 g/mol. The first-order valence-corrected chi connectivity index (χ1v) is 8.72. The van der Waals surface area contributed by atoms with Crippen molar-refractivity contribution in [2.45, 2.75) is 26.4 Å². The molecule has 0 aliphatic carbocycles. The van der Waals surface area contributed by atoms with Gasteiger partial charge < -0.3 is 9.64 Å². The van der Waals surface area contributed by atoms with Crippen molar-refractivity contribution in [1.29, 1.82) is 5.26 Å². The molecule has 0 aliphatic heterocycles. The first-order chi connectivity index (χ1) is 13.6. The highest BCUT2D eigenvalue weighted by Gasteiger charge is 2.35. The predicted molar refractivity (Wildman–Crippen MR) is 100 cm³/mol. The van der Waals surface area contributed by atoms with Crippen LogP contribution in [0.15, 0.2) is 42.5 Å². The van der Waals surface area contributed by atoms with Crippen LogP contribution in [-0.4, -0.2) is 25.0 Å². The van der Waals surface area contributed by atoms with E-state index in [4.69, 9.17) is 10.00 Å². The maximum Gasteiger partial charge on any atom is 0.417 e. The zero-order valence-corrected chi connectivity index (χ0v) is 15.9. The predicted octanol–water partition coefficient (Wildman–Crippen LogP) is 4.43. The molecule has 5 nitrogen and oxygen atoms in total. The van der Waals surface area contributed by atoms with Crippen LogP contribution in [0.5, 0.6) is 0 Å². The molecule has 2 rings (SSSR count). The summed E-state index contributed by atoms with van der Waals surface area (Å²) in [5.74, 6) is -1.88. The molecular formula is C21H19F3N2O3. The molecule has 0 atom stereocenters. The first-order valence-electron chi connectivity index (χ1n) is 8.72. The van der Waals surface area contributed by atoms with Crippen molar-refractivity contribution in [2.24, 2.45) is 0 Å². The monoisotopic (exact) mass is 404 g/mol. The van der Waals surface area contributed by atoms with E-state index >= 15 is 0 Å². The van der Waals surface area contributed by atoms with Crippen LogP contribution in [0.2, 0.25) is 0 Å². The highest BCUT2D eigenvalue weighted by atomic mass is 19.4. The summed E-state index contributed by atoms with van der Waals surface area (Å²) >= 11 is 0. The van der Waals surface area contributed by atoms with Crippen molar-refractivity contribution in [3.8, 4) is 6.07 Å². The number of amides is 1. The zero-order valence-electron chi connectivity index (χ0n) is 15.9. The SMILES string of the molecule is Cc1cc(C)cc(N(CCC#N)C(=O)COC(=O)c2ccccc2C(F)(F)F)c1. The largest absolute Gasteiger partial charge is 0.452 e. The Morgan fingerprint density at radius 2 is 1.72 bits per heavy atom. The Labute approximate surface area is 166 Å². The summed E-state index contributed by atoms with van der Waals surface area (Å²) in [5, 5.41) is 8.85. The fraction of sp³-hybridized carbons (Fsp3) is 0.286. The number of halogens is 3. The molecule has 29 heavy (non-hydrogen) atoms. The minimum absolute atomic E-state index is 0.0452. The van der Waals surface area contributed by atoms with Gasteiger partial charge in [0.15, 0.2) is 6.61 Å². The topological polar surface area (TPSA) is 70.4 Å². The highest BCUT2D eigenvalue weighted by molar-refractivity contribution is 5.97. The molecule has 0 radical (unpaired) electrons. The van der Waals surface area contributed by atoms with Gasteiger partial charge in [-0.15, -0.1) is 0 Å². The smallest absolute Gasteiger partial charge is 0.417 e. The fourth-order valence-corrected chi connectivity index (χ4v) is 2.86. The number of esters is 1. The van der Waals surface area contributed by atoms with E-state index in [-0.39, 0.29) is 13.0 Å².